The number of aryl methyl sites for hydroxylation is 1. The molecule has 0 aliphatic carbocycles. The molecule has 1 aliphatic heterocycles. The van der Waals surface area contributed by atoms with E-state index in [4.69, 9.17) is 9.84 Å². The second-order valence-electron chi connectivity index (χ2n) is 9.48. The van der Waals surface area contributed by atoms with Crippen LogP contribution in [0.4, 0.5) is 16.3 Å². The molecule has 39 heavy (non-hydrogen) atoms. The van der Waals surface area contributed by atoms with E-state index in [1.54, 1.807) is 35.3 Å². The number of carbonyl (C=O) groups excluding carboxylic acids is 1. The lowest BCUT2D eigenvalue weighted by molar-refractivity contribution is 0.262. The largest absolute Gasteiger partial charge is 0.456 e. The first-order valence-corrected chi connectivity index (χ1v) is 13.1. The monoisotopic (exact) mass is 525 g/mol. The molecule has 0 saturated heterocycles. The molecular formula is C29H31N7O3. The van der Waals surface area contributed by atoms with E-state index in [0.29, 0.717) is 36.0 Å². The lowest BCUT2D eigenvalue weighted by atomic mass is 9.95. The molecule has 0 radical (unpaired) electrons. The summed E-state index contributed by atoms with van der Waals surface area (Å²) in [5.74, 6) is 1.76. The number of rotatable bonds is 10. The Kier molecular flexibility index (Phi) is 8.23. The van der Waals surface area contributed by atoms with Crippen molar-refractivity contribution in [3.05, 3.63) is 94.8 Å². The Hall–Kier alpha value is -4.57. The Balaban J connectivity index is 1.34. The number of fused-ring (bicyclic) bond motifs is 1. The van der Waals surface area contributed by atoms with Crippen molar-refractivity contribution in [1.29, 1.82) is 0 Å². The number of ether oxygens (including phenoxy) is 1. The Morgan fingerprint density at radius 2 is 2.00 bits per heavy atom. The molecule has 2 amide bonds. The fourth-order valence-corrected chi connectivity index (χ4v) is 4.57. The summed E-state index contributed by atoms with van der Waals surface area (Å²) in [6, 6.07) is 18.4. The lowest BCUT2D eigenvalue weighted by Crippen LogP contribution is -2.37. The highest BCUT2D eigenvalue weighted by atomic mass is 16.5. The molecule has 4 aromatic rings. The van der Waals surface area contributed by atoms with Crippen LogP contribution in [0.25, 0.3) is 5.69 Å². The second-order valence-corrected chi connectivity index (χ2v) is 9.48. The molecule has 0 bridgehead atoms. The number of anilines is 2. The minimum Gasteiger partial charge on any atom is -0.456 e. The van der Waals surface area contributed by atoms with Crippen LogP contribution in [-0.2, 0) is 19.4 Å². The maximum Gasteiger partial charge on any atom is 0.324 e. The molecule has 1 unspecified atom stereocenters. The summed E-state index contributed by atoms with van der Waals surface area (Å²) in [6.07, 6.45) is 6.88. The van der Waals surface area contributed by atoms with Gasteiger partial charge in [0.15, 0.2) is 0 Å². The second kappa shape index (κ2) is 12.3. The van der Waals surface area contributed by atoms with E-state index in [2.05, 4.69) is 45.2 Å². The first kappa shape index (κ1) is 26.1. The van der Waals surface area contributed by atoms with E-state index in [-0.39, 0.29) is 12.6 Å². The van der Waals surface area contributed by atoms with Crippen molar-refractivity contribution < 1.29 is 9.53 Å². The Bertz CT molecular complexity index is 1440. The maximum absolute atomic E-state index is 13.0. The van der Waals surface area contributed by atoms with Crippen LogP contribution in [0.2, 0.25) is 0 Å². The van der Waals surface area contributed by atoms with Crippen LogP contribution in [0.1, 0.15) is 36.6 Å². The molecule has 1 atom stereocenters. The molecule has 0 spiro atoms. The average molecular weight is 526 g/mol. The smallest absolute Gasteiger partial charge is 0.324 e. The molecule has 3 N–H and O–H groups in total. The summed E-state index contributed by atoms with van der Waals surface area (Å²) < 4.78 is 7.59. The zero-order valence-corrected chi connectivity index (χ0v) is 21.8. The molecule has 10 nitrogen and oxygen atoms in total. The highest BCUT2D eigenvalue weighted by Crippen LogP contribution is 2.26. The molecule has 1 aliphatic rings. The van der Waals surface area contributed by atoms with Gasteiger partial charge in [-0.15, -0.1) is 0 Å². The van der Waals surface area contributed by atoms with Crippen molar-refractivity contribution in [2.75, 3.05) is 17.2 Å². The highest BCUT2D eigenvalue weighted by molar-refractivity contribution is 5.99. The van der Waals surface area contributed by atoms with Crippen molar-refractivity contribution in [2.45, 2.75) is 45.2 Å². The Morgan fingerprint density at radius 1 is 1.10 bits per heavy atom. The van der Waals surface area contributed by atoms with Gasteiger partial charge in [0.25, 0.3) is 0 Å². The molecule has 200 valence electrons. The van der Waals surface area contributed by atoms with Gasteiger partial charge in [0.05, 0.1) is 24.1 Å². The average Bonchev–Trinajstić information content (AvgIpc) is 3.34. The number of unbranched alkanes of at least 4 members (excludes halogenated alkanes) is 1. The van der Waals surface area contributed by atoms with Crippen molar-refractivity contribution in [2.24, 2.45) is 5.18 Å². The van der Waals surface area contributed by atoms with Gasteiger partial charge in [0.2, 0.25) is 0 Å². The minimum absolute atomic E-state index is 0.0178. The Morgan fingerprint density at radius 3 is 2.82 bits per heavy atom. The number of amides is 2. The van der Waals surface area contributed by atoms with Crippen LogP contribution < -0.4 is 20.7 Å². The third kappa shape index (κ3) is 6.66. The van der Waals surface area contributed by atoms with Gasteiger partial charge in [-0.25, -0.2) is 9.48 Å². The number of benzene rings is 2. The minimum atomic E-state index is -0.393. The number of hydrogen-bond acceptors (Lipinski definition) is 7. The summed E-state index contributed by atoms with van der Waals surface area (Å²) >= 11 is 0. The third-order valence-corrected chi connectivity index (χ3v) is 6.53. The third-order valence-electron chi connectivity index (χ3n) is 6.53. The summed E-state index contributed by atoms with van der Waals surface area (Å²) in [5, 5.41) is 17.1. The lowest BCUT2D eigenvalue weighted by Gasteiger charge is -2.25. The van der Waals surface area contributed by atoms with E-state index in [1.807, 2.05) is 30.3 Å². The zero-order chi connectivity index (χ0) is 27.0. The number of hydrogen-bond donors (Lipinski definition) is 3. The quantitative estimate of drug-likeness (QED) is 0.224. The number of nitrogens with zero attached hydrogens (tertiary/aromatic N) is 4. The van der Waals surface area contributed by atoms with Crippen LogP contribution in [-0.4, -0.2) is 33.4 Å². The molecule has 2 aromatic carbocycles. The first-order valence-electron chi connectivity index (χ1n) is 13.1. The van der Waals surface area contributed by atoms with E-state index in [9.17, 15) is 9.70 Å². The van der Waals surface area contributed by atoms with E-state index in [1.165, 1.54) is 5.56 Å². The topological polar surface area (TPSA) is 123 Å². The number of nitrogens with one attached hydrogen (secondary N) is 3. The van der Waals surface area contributed by atoms with Gasteiger partial charge < -0.3 is 15.4 Å². The van der Waals surface area contributed by atoms with Crippen LogP contribution >= 0.6 is 0 Å². The van der Waals surface area contributed by atoms with Crippen LogP contribution in [0.5, 0.6) is 11.5 Å². The van der Waals surface area contributed by atoms with Crippen LogP contribution in [0.15, 0.2) is 78.2 Å². The molecular weight excluding hydrogens is 494 g/mol. The van der Waals surface area contributed by atoms with Gasteiger partial charge in [0.1, 0.15) is 17.3 Å². The maximum atomic E-state index is 13.0. The molecule has 0 fully saturated rings. The number of aromatic nitrogens is 3. The van der Waals surface area contributed by atoms with Crippen molar-refractivity contribution >= 4 is 17.5 Å². The van der Waals surface area contributed by atoms with Crippen LogP contribution in [0, 0.1) is 4.91 Å². The Labute approximate surface area is 226 Å². The SMILES string of the molecule is CCCCc1cc(NC(=O)Nc2cccc(Oc3cccnc3)c2)n(-c2ccc3c(c2)CC(CN=O)NC3)n1. The van der Waals surface area contributed by atoms with Gasteiger partial charge in [-0.2, -0.15) is 10.0 Å². The number of nitroso groups, excluding NO2 is 1. The van der Waals surface area contributed by atoms with Gasteiger partial charge in [-0.05, 0) is 66.8 Å². The molecule has 0 saturated carbocycles. The van der Waals surface area contributed by atoms with Gasteiger partial charge in [-0.1, -0.05) is 30.7 Å². The molecule has 2 aromatic heterocycles. The number of carbonyl (C=O) groups is 1. The van der Waals surface area contributed by atoms with E-state index in [0.717, 1.165) is 36.2 Å². The predicted octanol–water partition coefficient (Wildman–Crippen LogP) is 5.83. The van der Waals surface area contributed by atoms with Gasteiger partial charge >= 0.3 is 6.03 Å². The number of pyridine rings is 1. The fraction of sp³-hybridized carbons (Fsp3) is 0.276. The molecule has 10 heteroatoms. The van der Waals surface area contributed by atoms with Crippen molar-refractivity contribution in [3.8, 4) is 17.2 Å². The normalized spacial score (nSPS) is 14.3. The summed E-state index contributed by atoms with van der Waals surface area (Å²) in [4.78, 5) is 27.9. The van der Waals surface area contributed by atoms with Crippen molar-refractivity contribution in [1.82, 2.24) is 20.1 Å². The predicted molar refractivity (Wildman–Crippen MR) is 151 cm³/mol. The standard InChI is InChI=1S/C29H31N7O3/c1-2-3-6-23-16-28(36(35-23)25-11-10-20-17-31-24(18-32-38)13-21(20)14-25)34-29(37)33-22-7-4-8-26(15-22)39-27-9-5-12-30-19-27/h4-5,7-12,14-16,19,24,31H,2-3,6,13,17-18H2,1H3,(H2,33,34,37). The summed E-state index contributed by atoms with van der Waals surface area (Å²) in [5.41, 5.74) is 4.66. The first-order chi connectivity index (χ1) is 19.1. The molecule has 5 rings (SSSR count). The zero-order valence-electron chi connectivity index (χ0n) is 21.8. The number of urea groups is 1. The molecule has 3 heterocycles. The van der Waals surface area contributed by atoms with Crippen LogP contribution in [0.3, 0.4) is 0 Å². The summed E-state index contributed by atoms with van der Waals surface area (Å²) in [7, 11) is 0. The van der Waals surface area contributed by atoms with Gasteiger partial charge in [-0.3, -0.25) is 10.3 Å². The van der Waals surface area contributed by atoms with E-state index >= 15 is 0 Å². The van der Waals surface area contributed by atoms with Crippen molar-refractivity contribution in [3.63, 3.8) is 0 Å². The van der Waals surface area contributed by atoms with E-state index < -0.39 is 6.03 Å². The fourth-order valence-electron chi connectivity index (χ4n) is 4.57. The summed E-state index contributed by atoms with van der Waals surface area (Å²) in [6.45, 7) is 3.06. The highest BCUT2D eigenvalue weighted by Gasteiger charge is 2.20. The van der Waals surface area contributed by atoms with Gasteiger partial charge in [0, 0.05) is 36.6 Å².